The first-order valence-electron chi connectivity index (χ1n) is 9.05. The van der Waals surface area contributed by atoms with E-state index in [2.05, 4.69) is 14.9 Å². The van der Waals surface area contributed by atoms with Crippen molar-refractivity contribution in [3.8, 4) is 5.75 Å². The summed E-state index contributed by atoms with van der Waals surface area (Å²) < 4.78 is 21.8. The average Bonchev–Trinajstić information content (AvgIpc) is 3.23. The molecule has 27 heavy (non-hydrogen) atoms. The Morgan fingerprint density at radius 1 is 0.852 bits per heavy atom. The van der Waals surface area contributed by atoms with Crippen molar-refractivity contribution >= 4 is 43.6 Å². The van der Waals surface area contributed by atoms with Crippen LogP contribution in [0.5, 0.6) is 5.75 Å². The summed E-state index contributed by atoms with van der Waals surface area (Å²) in [5.74, 6) is 0.463. The van der Waals surface area contributed by atoms with Crippen LogP contribution in [0.2, 0.25) is 0 Å². The number of halogens is 1. The van der Waals surface area contributed by atoms with Gasteiger partial charge in [-0.25, -0.2) is 4.39 Å². The SMILES string of the molecule is CN(C)CCOc1c2[nH]c3ccccc3c2c(F)c2[nH]c3ccccc3c12. The van der Waals surface area contributed by atoms with Gasteiger partial charge in [-0.05, 0) is 26.2 Å². The quantitative estimate of drug-likeness (QED) is 0.471. The molecule has 0 spiro atoms. The number of likely N-dealkylation sites (N-methyl/N-ethyl adjacent to an activating group) is 1. The van der Waals surface area contributed by atoms with Gasteiger partial charge in [-0.2, -0.15) is 0 Å². The van der Waals surface area contributed by atoms with Gasteiger partial charge in [-0.1, -0.05) is 36.4 Å². The average molecular weight is 361 g/mol. The van der Waals surface area contributed by atoms with Gasteiger partial charge in [0.15, 0.2) is 11.6 Å². The number of fused-ring (bicyclic) bond motifs is 6. The van der Waals surface area contributed by atoms with Crippen molar-refractivity contribution in [2.75, 3.05) is 27.2 Å². The molecular formula is C22H20FN3O. The molecule has 5 aromatic rings. The first kappa shape index (κ1) is 16.1. The number of aromatic amines is 2. The monoisotopic (exact) mass is 361 g/mol. The Hall–Kier alpha value is -3.05. The van der Waals surface area contributed by atoms with E-state index in [0.29, 0.717) is 28.8 Å². The number of para-hydroxylation sites is 2. The van der Waals surface area contributed by atoms with Crippen LogP contribution in [-0.2, 0) is 0 Å². The summed E-state index contributed by atoms with van der Waals surface area (Å²) in [6.07, 6.45) is 0. The van der Waals surface area contributed by atoms with Crippen molar-refractivity contribution in [1.82, 2.24) is 14.9 Å². The number of ether oxygens (including phenoxy) is 1. The van der Waals surface area contributed by atoms with E-state index in [9.17, 15) is 0 Å². The highest BCUT2D eigenvalue weighted by Gasteiger charge is 2.22. The first-order valence-corrected chi connectivity index (χ1v) is 9.05. The number of nitrogens with zero attached hydrogens (tertiary/aromatic N) is 1. The molecule has 0 saturated heterocycles. The summed E-state index contributed by atoms with van der Waals surface area (Å²) in [7, 11) is 4.02. The lowest BCUT2D eigenvalue weighted by atomic mass is 10.1. The van der Waals surface area contributed by atoms with Gasteiger partial charge in [0.2, 0.25) is 0 Å². The van der Waals surface area contributed by atoms with E-state index in [4.69, 9.17) is 4.74 Å². The molecule has 0 aliphatic rings. The van der Waals surface area contributed by atoms with Crippen LogP contribution in [0.15, 0.2) is 48.5 Å². The maximum atomic E-state index is 15.6. The van der Waals surface area contributed by atoms with Gasteiger partial charge in [0.05, 0.1) is 16.4 Å². The van der Waals surface area contributed by atoms with Crippen molar-refractivity contribution in [1.29, 1.82) is 0 Å². The Bertz CT molecular complexity index is 1290. The molecule has 0 aliphatic carbocycles. The minimum atomic E-state index is -0.242. The largest absolute Gasteiger partial charge is 0.489 e. The molecule has 3 aromatic carbocycles. The zero-order valence-electron chi connectivity index (χ0n) is 15.3. The second-order valence-corrected chi connectivity index (χ2v) is 7.14. The lowest BCUT2D eigenvalue weighted by Gasteiger charge is -2.13. The van der Waals surface area contributed by atoms with Crippen LogP contribution >= 0.6 is 0 Å². The lowest BCUT2D eigenvalue weighted by Crippen LogP contribution is -2.19. The van der Waals surface area contributed by atoms with Gasteiger partial charge in [-0.3, -0.25) is 0 Å². The second kappa shape index (κ2) is 5.99. The molecule has 0 atom stereocenters. The zero-order chi connectivity index (χ0) is 18.5. The van der Waals surface area contributed by atoms with E-state index in [1.54, 1.807) is 0 Å². The Morgan fingerprint density at radius 3 is 2.11 bits per heavy atom. The topological polar surface area (TPSA) is 44.0 Å². The van der Waals surface area contributed by atoms with Crippen LogP contribution in [0.4, 0.5) is 4.39 Å². The molecule has 0 radical (unpaired) electrons. The number of aromatic nitrogens is 2. The molecule has 4 nitrogen and oxygen atoms in total. The van der Waals surface area contributed by atoms with Crippen molar-refractivity contribution < 1.29 is 9.13 Å². The van der Waals surface area contributed by atoms with Crippen LogP contribution in [0.25, 0.3) is 43.6 Å². The predicted molar refractivity (Wildman–Crippen MR) is 109 cm³/mol. The number of nitrogens with one attached hydrogen (secondary N) is 2. The number of hydrogen-bond acceptors (Lipinski definition) is 2. The van der Waals surface area contributed by atoms with E-state index in [0.717, 1.165) is 33.7 Å². The van der Waals surface area contributed by atoms with Crippen molar-refractivity contribution in [3.05, 3.63) is 54.3 Å². The van der Waals surface area contributed by atoms with E-state index in [-0.39, 0.29) is 5.82 Å². The number of H-pyrrole nitrogens is 2. The van der Waals surface area contributed by atoms with Crippen LogP contribution in [0, 0.1) is 5.82 Å². The predicted octanol–water partition coefficient (Wildman–Crippen LogP) is 5.04. The lowest BCUT2D eigenvalue weighted by molar-refractivity contribution is 0.265. The van der Waals surface area contributed by atoms with E-state index >= 15 is 4.39 Å². The molecular weight excluding hydrogens is 341 g/mol. The van der Waals surface area contributed by atoms with E-state index in [1.807, 2.05) is 62.6 Å². The van der Waals surface area contributed by atoms with Crippen LogP contribution in [0.1, 0.15) is 0 Å². The highest BCUT2D eigenvalue weighted by atomic mass is 19.1. The maximum absolute atomic E-state index is 15.6. The summed E-state index contributed by atoms with van der Waals surface area (Å²) in [4.78, 5) is 8.70. The molecule has 5 rings (SSSR count). The minimum absolute atomic E-state index is 0.242. The highest BCUT2D eigenvalue weighted by Crippen LogP contribution is 2.43. The molecule has 0 amide bonds. The van der Waals surface area contributed by atoms with Crippen LogP contribution in [-0.4, -0.2) is 42.1 Å². The molecule has 0 bridgehead atoms. The molecule has 2 aromatic heterocycles. The molecule has 0 unspecified atom stereocenters. The Labute approximate surface area is 155 Å². The van der Waals surface area contributed by atoms with E-state index in [1.165, 1.54) is 0 Å². The van der Waals surface area contributed by atoms with Crippen LogP contribution in [0.3, 0.4) is 0 Å². The summed E-state index contributed by atoms with van der Waals surface area (Å²) in [6.45, 7) is 1.31. The smallest absolute Gasteiger partial charge is 0.157 e. The number of rotatable bonds is 4. The Morgan fingerprint density at radius 2 is 1.44 bits per heavy atom. The molecule has 5 heteroatoms. The molecule has 0 fully saturated rings. The summed E-state index contributed by atoms with van der Waals surface area (Å²) >= 11 is 0. The second-order valence-electron chi connectivity index (χ2n) is 7.14. The van der Waals surface area contributed by atoms with Gasteiger partial charge in [0.1, 0.15) is 6.61 Å². The molecule has 136 valence electrons. The first-order chi connectivity index (χ1) is 13.1. The Balaban J connectivity index is 1.91. The molecule has 0 aliphatic heterocycles. The Kier molecular flexibility index (Phi) is 3.58. The van der Waals surface area contributed by atoms with Gasteiger partial charge in [0.25, 0.3) is 0 Å². The summed E-state index contributed by atoms with van der Waals surface area (Å²) in [6, 6.07) is 15.7. The number of benzene rings is 3. The normalized spacial score (nSPS) is 12.1. The zero-order valence-corrected chi connectivity index (χ0v) is 15.3. The van der Waals surface area contributed by atoms with Gasteiger partial charge in [-0.15, -0.1) is 0 Å². The fraction of sp³-hybridized carbons (Fsp3) is 0.182. The molecule has 2 heterocycles. The van der Waals surface area contributed by atoms with E-state index < -0.39 is 0 Å². The highest BCUT2D eigenvalue weighted by molar-refractivity contribution is 6.21. The third-order valence-electron chi connectivity index (χ3n) is 5.09. The van der Waals surface area contributed by atoms with Gasteiger partial charge in [0, 0.05) is 33.7 Å². The van der Waals surface area contributed by atoms with Crippen LogP contribution < -0.4 is 4.74 Å². The van der Waals surface area contributed by atoms with Crippen molar-refractivity contribution in [2.24, 2.45) is 0 Å². The summed E-state index contributed by atoms with van der Waals surface area (Å²) in [5, 5.41) is 3.19. The standard InChI is InChI=1S/C22H20FN3O/c1-26(2)11-12-27-22-18-14-8-4-6-10-16(14)24-20(18)19(23)17-13-7-3-5-9-15(13)25-21(17)22/h3-10,24-25H,11-12H2,1-2H3. The van der Waals surface area contributed by atoms with Crippen molar-refractivity contribution in [2.45, 2.75) is 0 Å². The fourth-order valence-corrected chi connectivity index (χ4v) is 3.81. The minimum Gasteiger partial charge on any atom is -0.489 e. The van der Waals surface area contributed by atoms with Gasteiger partial charge < -0.3 is 19.6 Å². The van der Waals surface area contributed by atoms with Gasteiger partial charge >= 0.3 is 0 Å². The fourth-order valence-electron chi connectivity index (χ4n) is 3.81. The third-order valence-corrected chi connectivity index (χ3v) is 5.09. The van der Waals surface area contributed by atoms with Crippen molar-refractivity contribution in [3.63, 3.8) is 0 Å². The molecule has 2 N–H and O–H groups in total. The third kappa shape index (κ3) is 2.39. The maximum Gasteiger partial charge on any atom is 0.157 e. The summed E-state index contributed by atoms with van der Waals surface area (Å²) in [5.41, 5.74) is 3.01. The number of hydrogen-bond donors (Lipinski definition) is 2. The molecule has 0 saturated carbocycles.